The van der Waals surface area contributed by atoms with E-state index in [0.717, 1.165) is 18.6 Å². The molecule has 5 nitrogen and oxygen atoms in total. The molecule has 6 heteroatoms. The van der Waals surface area contributed by atoms with Gasteiger partial charge in [-0.2, -0.15) is 0 Å². The van der Waals surface area contributed by atoms with Crippen molar-refractivity contribution >= 4 is 34.8 Å². The smallest absolute Gasteiger partial charge is 0.255 e. The summed E-state index contributed by atoms with van der Waals surface area (Å²) in [4.78, 5) is 23.9. The van der Waals surface area contributed by atoms with E-state index in [1.54, 1.807) is 49.4 Å². The predicted molar refractivity (Wildman–Crippen MR) is 105 cm³/mol. The monoisotopic (exact) mass is 374 g/mol. The molecule has 0 radical (unpaired) electrons. The van der Waals surface area contributed by atoms with Gasteiger partial charge < -0.3 is 15.4 Å². The number of nitrogens with one attached hydrogen (secondary N) is 2. The standard InChI is InChI=1S/C20H23ClN2O3/c1-3-5-12-26-16-9-6-14(7-10-16)20(25)23-18-13-15(8-11-17(18)21)22-19(24)4-2/h6-11,13H,3-5,12H2,1-2H3,(H,22,24)(H,23,25). The van der Waals surface area contributed by atoms with E-state index in [4.69, 9.17) is 16.3 Å². The lowest BCUT2D eigenvalue weighted by Crippen LogP contribution is -2.13. The molecule has 0 atom stereocenters. The molecular weight excluding hydrogens is 352 g/mol. The van der Waals surface area contributed by atoms with Crippen LogP contribution in [0.3, 0.4) is 0 Å². The number of unbranched alkanes of at least 4 members (excludes halogenated alkanes) is 1. The maximum atomic E-state index is 12.4. The fraction of sp³-hybridized carbons (Fsp3) is 0.300. The molecule has 2 amide bonds. The Bertz CT molecular complexity index is 760. The molecule has 0 spiro atoms. The molecule has 2 rings (SSSR count). The first-order valence-electron chi connectivity index (χ1n) is 8.67. The molecule has 138 valence electrons. The van der Waals surface area contributed by atoms with Gasteiger partial charge in [-0.25, -0.2) is 0 Å². The van der Waals surface area contributed by atoms with Crippen molar-refractivity contribution in [2.45, 2.75) is 33.1 Å². The third-order valence-electron chi connectivity index (χ3n) is 3.70. The number of hydrogen-bond acceptors (Lipinski definition) is 3. The number of anilines is 2. The molecule has 0 saturated heterocycles. The Kier molecular flexibility index (Phi) is 7.48. The number of hydrogen-bond donors (Lipinski definition) is 2. The van der Waals surface area contributed by atoms with Crippen molar-refractivity contribution in [2.24, 2.45) is 0 Å². The Morgan fingerprint density at radius 1 is 1.04 bits per heavy atom. The first-order chi connectivity index (χ1) is 12.5. The lowest BCUT2D eigenvalue weighted by molar-refractivity contribution is -0.115. The van der Waals surface area contributed by atoms with Gasteiger partial charge in [0.2, 0.25) is 5.91 Å². The predicted octanol–water partition coefficient (Wildman–Crippen LogP) is 5.12. The van der Waals surface area contributed by atoms with Crippen molar-refractivity contribution in [1.29, 1.82) is 0 Å². The topological polar surface area (TPSA) is 67.4 Å². The van der Waals surface area contributed by atoms with Gasteiger partial charge in [0, 0.05) is 17.7 Å². The van der Waals surface area contributed by atoms with Crippen LogP contribution in [0.15, 0.2) is 42.5 Å². The van der Waals surface area contributed by atoms with Crippen LogP contribution >= 0.6 is 11.6 Å². The zero-order valence-electron chi connectivity index (χ0n) is 15.0. The van der Waals surface area contributed by atoms with Crippen LogP contribution in [0.25, 0.3) is 0 Å². The second-order valence-corrected chi connectivity index (χ2v) is 6.18. The van der Waals surface area contributed by atoms with Gasteiger partial charge >= 0.3 is 0 Å². The van der Waals surface area contributed by atoms with E-state index in [9.17, 15) is 9.59 Å². The Hall–Kier alpha value is -2.53. The average molecular weight is 375 g/mol. The summed E-state index contributed by atoms with van der Waals surface area (Å²) in [5, 5.41) is 5.90. The summed E-state index contributed by atoms with van der Waals surface area (Å²) in [6.45, 7) is 4.53. The highest BCUT2D eigenvalue weighted by Gasteiger charge is 2.10. The van der Waals surface area contributed by atoms with E-state index in [2.05, 4.69) is 17.6 Å². The maximum absolute atomic E-state index is 12.4. The van der Waals surface area contributed by atoms with Gasteiger partial charge in [-0.1, -0.05) is 31.9 Å². The van der Waals surface area contributed by atoms with Gasteiger partial charge in [-0.3, -0.25) is 9.59 Å². The van der Waals surface area contributed by atoms with E-state index in [1.165, 1.54) is 0 Å². The number of rotatable bonds is 8. The number of ether oxygens (including phenoxy) is 1. The molecular formula is C20H23ClN2O3. The fourth-order valence-corrected chi connectivity index (χ4v) is 2.34. The molecule has 2 aromatic rings. The van der Waals surface area contributed by atoms with Crippen molar-refractivity contribution in [1.82, 2.24) is 0 Å². The minimum atomic E-state index is -0.286. The minimum absolute atomic E-state index is 0.108. The number of amides is 2. The van der Waals surface area contributed by atoms with E-state index in [1.807, 2.05) is 0 Å². The largest absolute Gasteiger partial charge is 0.494 e. The molecule has 0 heterocycles. The van der Waals surface area contributed by atoms with Gasteiger partial charge in [0.1, 0.15) is 5.75 Å². The highest BCUT2D eigenvalue weighted by molar-refractivity contribution is 6.34. The van der Waals surface area contributed by atoms with Crippen molar-refractivity contribution < 1.29 is 14.3 Å². The van der Waals surface area contributed by atoms with Crippen molar-refractivity contribution in [2.75, 3.05) is 17.2 Å². The van der Waals surface area contributed by atoms with Crippen molar-refractivity contribution in [3.05, 3.63) is 53.1 Å². The summed E-state index contributed by atoms with van der Waals surface area (Å²) in [7, 11) is 0. The summed E-state index contributed by atoms with van der Waals surface area (Å²) < 4.78 is 5.59. The van der Waals surface area contributed by atoms with Gasteiger partial charge in [0.05, 0.1) is 17.3 Å². The quantitative estimate of drug-likeness (QED) is 0.630. The molecule has 0 aliphatic rings. The van der Waals surface area contributed by atoms with Crippen molar-refractivity contribution in [3.8, 4) is 5.75 Å². The lowest BCUT2D eigenvalue weighted by atomic mass is 10.2. The second kappa shape index (κ2) is 9.82. The second-order valence-electron chi connectivity index (χ2n) is 5.78. The third-order valence-corrected chi connectivity index (χ3v) is 4.03. The van der Waals surface area contributed by atoms with Gasteiger partial charge in [0.15, 0.2) is 0 Å². The van der Waals surface area contributed by atoms with Crippen LogP contribution in [-0.2, 0) is 4.79 Å². The average Bonchev–Trinajstić information content (AvgIpc) is 2.65. The van der Waals surface area contributed by atoms with E-state index in [-0.39, 0.29) is 11.8 Å². The highest BCUT2D eigenvalue weighted by Crippen LogP contribution is 2.26. The first-order valence-corrected chi connectivity index (χ1v) is 9.05. The summed E-state index contributed by atoms with van der Waals surface area (Å²) in [6.07, 6.45) is 2.43. The Balaban J connectivity index is 2.04. The Morgan fingerprint density at radius 2 is 1.77 bits per heavy atom. The summed E-state index contributed by atoms with van der Waals surface area (Å²) in [5.41, 5.74) is 1.51. The fourth-order valence-electron chi connectivity index (χ4n) is 2.18. The van der Waals surface area contributed by atoms with Gasteiger partial charge in [-0.15, -0.1) is 0 Å². The maximum Gasteiger partial charge on any atom is 0.255 e. The van der Waals surface area contributed by atoms with Gasteiger partial charge in [-0.05, 0) is 48.9 Å². The van der Waals surface area contributed by atoms with E-state index >= 15 is 0 Å². The summed E-state index contributed by atoms with van der Waals surface area (Å²) >= 11 is 6.15. The van der Waals surface area contributed by atoms with Crippen LogP contribution in [0.2, 0.25) is 5.02 Å². The molecule has 0 aliphatic heterocycles. The Morgan fingerprint density at radius 3 is 2.42 bits per heavy atom. The zero-order chi connectivity index (χ0) is 18.9. The first kappa shape index (κ1) is 19.8. The molecule has 0 saturated carbocycles. The summed E-state index contributed by atoms with van der Waals surface area (Å²) in [5.74, 6) is 0.339. The molecule has 0 fully saturated rings. The number of halogens is 1. The van der Waals surface area contributed by atoms with Crippen LogP contribution in [0.1, 0.15) is 43.5 Å². The van der Waals surface area contributed by atoms with E-state index < -0.39 is 0 Å². The van der Waals surface area contributed by atoms with Gasteiger partial charge in [0.25, 0.3) is 5.91 Å². The number of carbonyl (C=O) groups is 2. The third kappa shape index (κ3) is 5.77. The zero-order valence-corrected chi connectivity index (χ0v) is 15.7. The van der Waals surface area contributed by atoms with Crippen LogP contribution < -0.4 is 15.4 Å². The normalized spacial score (nSPS) is 10.3. The molecule has 26 heavy (non-hydrogen) atoms. The minimum Gasteiger partial charge on any atom is -0.494 e. The van der Waals surface area contributed by atoms with E-state index in [0.29, 0.717) is 35.0 Å². The SMILES string of the molecule is CCCCOc1ccc(C(=O)Nc2cc(NC(=O)CC)ccc2Cl)cc1. The number of carbonyl (C=O) groups excluding carboxylic acids is 2. The molecule has 2 aromatic carbocycles. The van der Waals surface area contributed by atoms with Crippen LogP contribution in [0.4, 0.5) is 11.4 Å². The molecule has 0 bridgehead atoms. The molecule has 0 aliphatic carbocycles. The highest BCUT2D eigenvalue weighted by atomic mass is 35.5. The molecule has 0 aromatic heterocycles. The number of benzene rings is 2. The van der Waals surface area contributed by atoms with Crippen LogP contribution in [0, 0.1) is 0 Å². The summed E-state index contributed by atoms with van der Waals surface area (Å²) in [6, 6.07) is 11.9. The van der Waals surface area contributed by atoms with Crippen LogP contribution in [0.5, 0.6) is 5.75 Å². The van der Waals surface area contributed by atoms with Crippen molar-refractivity contribution in [3.63, 3.8) is 0 Å². The van der Waals surface area contributed by atoms with Crippen LogP contribution in [-0.4, -0.2) is 18.4 Å². The molecule has 0 unspecified atom stereocenters. The molecule has 2 N–H and O–H groups in total. The lowest BCUT2D eigenvalue weighted by Gasteiger charge is -2.11. The Labute approximate surface area is 158 Å².